The lowest BCUT2D eigenvalue weighted by molar-refractivity contribution is -0.117. The Bertz CT molecular complexity index is 1240. The van der Waals surface area contributed by atoms with Crippen molar-refractivity contribution in [3.63, 3.8) is 0 Å². The molecule has 11 heteroatoms. The number of aromatic nitrogens is 2. The Kier molecular flexibility index (Phi) is 5.50. The maximum Gasteiger partial charge on any atom is 0.280 e. The molecule has 4 rings (SSSR count). The molecule has 0 aliphatic carbocycles. The third-order valence-corrected chi connectivity index (χ3v) is 5.67. The number of rotatable bonds is 6. The van der Waals surface area contributed by atoms with Crippen molar-refractivity contribution in [2.24, 2.45) is 15.3 Å². The molecule has 1 aliphatic heterocycles. The molecule has 1 amide bonds. The highest BCUT2D eigenvalue weighted by Gasteiger charge is 2.34. The number of carbonyl (C=O) groups is 1. The zero-order valence-electron chi connectivity index (χ0n) is 16.3. The van der Waals surface area contributed by atoms with Gasteiger partial charge in [0.05, 0.1) is 22.0 Å². The Balaban J connectivity index is 1.47. The van der Waals surface area contributed by atoms with E-state index in [9.17, 15) is 13.2 Å². The smallest absolute Gasteiger partial charge is 0.269 e. The van der Waals surface area contributed by atoms with Gasteiger partial charge >= 0.3 is 0 Å². The average molecular weight is 435 g/mol. The number of hydrogen-bond acceptors (Lipinski definition) is 8. The van der Waals surface area contributed by atoms with Gasteiger partial charge in [0.15, 0.2) is 6.04 Å². The summed E-state index contributed by atoms with van der Waals surface area (Å²) in [6.07, 6.45) is 2.87. The number of hydrazone groups is 1. The van der Waals surface area contributed by atoms with E-state index in [4.69, 9.17) is 0 Å². The van der Waals surface area contributed by atoms with Gasteiger partial charge in [0.1, 0.15) is 0 Å². The molecule has 10 nitrogen and oxygen atoms in total. The Labute approximate surface area is 178 Å². The third kappa shape index (κ3) is 4.46. The van der Waals surface area contributed by atoms with Crippen LogP contribution < -0.4 is 9.73 Å². The maximum atomic E-state index is 12.7. The molecule has 2 aromatic carbocycles. The maximum absolute atomic E-state index is 12.7. The first kappa shape index (κ1) is 20.3. The second-order valence-electron chi connectivity index (χ2n) is 6.52. The van der Waals surface area contributed by atoms with Crippen molar-refractivity contribution in [1.29, 1.82) is 0 Å². The Morgan fingerprint density at radius 1 is 0.968 bits per heavy atom. The number of amides is 1. The van der Waals surface area contributed by atoms with Crippen molar-refractivity contribution in [2.75, 3.05) is 9.73 Å². The van der Waals surface area contributed by atoms with E-state index in [1.54, 1.807) is 25.1 Å². The molecule has 0 radical (unpaired) electrons. The molecule has 0 saturated carbocycles. The van der Waals surface area contributed by atoms with Gasteiger partial charge in [-0.05, 0) is 49.4 Å². The highest BCUT2D eigenvalue weighted by Crippen LogP contribution is 2.24. The van der Waals surface area contributed by atoms with E-state index in [-0.39, 0.29) is 16.8 Å². The molecule has 1 aliphatic rings. The number of nitrogens with one attached hydrogen (secondary N) is 1. The van der Waals surface area contributed by atoms with E-state index in [1.165, 1.54) is 41.7 Å². The lowest BCUT2D eigenvalue weighted by Gasteiger charge is -2.11. The van der Waals surface area contributed by atoms with Crippen molar-refractivity contribution >= 4 is 39.0 Å². The topological polar surface area (TPSA) is 129 Å². The Hall–Kier alpha value is -3.99. The summed E-state index contributed by atoms with van der Waals surface area (Å²) in [5.41, 5.74) is 1.56. The van der Waals surface area contributed by atoms with Crippen molar-refractivity contribution in [1.82, 2.24) is 9.97 Å². The summed E-state index contributed by atoms with van der Waals surface area (Å²) < 4.78 is 27.1. The molecule has 31 heavy (non-hydrogen) atoms. The molecular formula is C20H17N7O3S. The minimum Gasteiger partial charge on any atom is -0.269 e. The van der Waals surface area contributed by atoms with Gasteiger partial charge in [-0.1, -0.05) is 18.2 Å². The van der Waals surface area contributed by atoms with Crippen LogP contribution in [0.5, 0.6) is 0 Å². The highest BCUT2D eigenvalue weighted by molar-refractivity contribution is 7.92. The molecule has 0 fully saturated rings. The quantitative estimate of drug-likeness (QED) is 0.595. The third-order valence-electron chi connectivity index (χ3n) is 4.32. The van der Waals surface area contributed by atoms with E-state index >= 15 is 0 Å². The predicted molar refractivity (Wildman–Crippen MR) is 115 cm³/mol. The fraction of sp³-hybridized carbons (Fsp3) is 0.100. The van der Waals surface area contributed by atoms with Gasteiger partial charge in [-0.15, -0.1) is 0 Å². The molecule has 0 unspecified atom stereocenters. The van der Waals surface area contributed by atoms with Gasteiger partial charge in [0, 0.05) is 12.4 Å². The second kappa shape index (κ2) is 8.40. The first-order valence-corrected chi connectivity index (χ1v) is 10.7. The van der Waals surface area contributed by atoms with Crippen molar-refractivity contribution < 1.29 is 13.2 Å². The zero-order valence-corrected chi connectivity index (χ0v) is 17.1. The molecule has 2 heterocycles. The molecule has 156 valence electrons. The van der Waals surface area contributed by atoms with Crippen LogP contribution in [0.2, 0.25) is 0 Å². The van der Waals surface area contributed by atoms with Crippen LogP contribution in [0, 0.1) is 0 Å². The van der Waals surface area contributed by atoms with Crippen LogP contribution >= 0.6 is 0 Å². The minimum absolute atomic E-state index is 0.0174. The molecular weight excluding hydrogens is 418 g/mol. The number of hydrogen-bond donors (Lipinski definition) is 1. The second-order valence-corrected chi connectivity index (χ2v) is 8.20. The first-order chi connectivity index (χ1) is 14.9. The van der Waals surface area contributed by atoms with Crippen LogP contribution in [0.15, 0.2) is 93.3 Å². The zero-order chi connectivity index (χ0) is 21.8. The monoisotopic (exact) mass is 435 g/mol. The summed E-state index contributed by atoms with van der Waals surface area (Å²) >= 11 is 0. The van der Waals surface area contributed by atoms with Crippen LogP contribution in [0.4, 0.5) is 17.3 Å². The largest absolute Gasteiger partial charge is 0.280 e. The van der Waals surface area contributed by atoms with Gasteiger partial charge in [0.25, 0.3) is 15.9 Å². The lowest BCUT2D eigenvalue weighted by atomic mass is 10.2. The number of nitrogens with zero attached hydrogens (tertiary/aromatic N) is 6. The van der Waals surface area contributed by atoms with E-state index in [1.807, 2.05) is 18.2 Å². The van der Waals surface area contributed by atoms with Crippen LogP contribution in [-0.4, -0.2) is 36.0 Å². The molecule has 1 atom stereocenters. The summed E-state index contributed by atoms with van der Waals surface area (Å²) in [7, 11) is -3.84. The van der Waals surface area contributed by atoms with Crippen molar-refractivity contribution in [3.05, 3.63) is 73.1 Å². The van der Waals surface area contributed by atoms with Crippen LogP contribution in [0.1, 0.15) is 6.92 Å². The van der Waals surface area contributed by atoms with E-state index in [0.717, 1.165) is 0 Å². The number of para-hydroxylation sites is 1. The number of carbonyl (C=O) groups excluding carboxylic acids is 1. The van der Waals surface area contributed by atoms with Gasteiger partial charge in [-0.3, -0.25) is 4.79 Å². The van der Waals surface area contributed by atoms with Crippen LogP contribution in [0.25, 0.3) is 0 Å². The van der Waals surface area contributed by atoms with Crippen LogP contribution in [0.3, 0.4) is 0 Å². The fourth-order valence-electron chi connectivity index (χ4n) is 2.79. The fourth-order valence-corrected chi connectivity index (χ4v) is 3.75. The summed E-state index contributed by atoms with van der Waals surface area (Å²) in [4.78, 5) is 20.4. The molecule has 0 spiro atoms. The predicted octanol–water partition coefficient (Wildman–Crippen LogP) is 3.15. The number of benzene rings is 2. The summed E-state index contributed by atoms with van der Waals surface area (Å²) in [5, 5.41) is 13.8. The Morgan fingerprint density at radius 3 is 2.32 bits per heavy atom. The van der Waals surface area contributed by atoms with E-state index < -0.39 is 16.1 Å². The molecule has 1 aromatic heterocycles. The van der Waals surface area contributed by atoms with E-state index in [2.05, 4.69) is 30.0 Å². The van der Waals surface area contributed by atoms with Crippen molar-refractivity contribution in [2.45, 2.75) is 17.9 Å². The standard InChI is InChI=1S/C20H17N7O3S/c1-14-18(19(28)27(25-14)16-6-3-2-4-7-16)24-23-15-8-10-17(11-9-15)31(29,30)26-20-21-12-5-13-22-20/h2-13,18H,1H3,(H,21,22,26)/t18-/m1/s1. The summed E-state index contributed by atoms with van der Waals surface area (Å²) in [6.45, 7) is 1.71. The molecule has 0 saturated heterocycles. The van der Waals surface area contributed by atoms with E-state index in [0.29, 0.717) is 17.1 Å². The number of sulfonamides is 1. The Morgan fingerprint density at radius 2 is 1.65 bits per heavy atom. The van der Waals surface area contributed by atoms with Crippen LogP contribution in [-0.2, 0) is 14.8 Å². The minimum atomic E-state index is -3.84. The van der Waals surface area contributed by atoms with Gasteiger partial charge < -0.3 is 0 Å². The summed E-state index contributed by atoms with van der Waals surface area (Å²) in [6, 6.07) is 15.5. The SMILES string of the molecule is CC1=NN(c2ccccc2)C(=O)[C@@H]1N=Nc1ccc(S(=O)(=O)Nc2ncccn2)cc1. The lowest BCUT2D eigenvalue weighted by Crippen LogP contribution is -2.29. The van der Waals surface area contributed by atoms with Gasteiger partial charge in [0.2, 0.25) is 5.95 Å². The molecule has 3 aromatic rings. The average Bonchev–Trinajstić information content (AvgIpc) is 3.07. The van der Waals surface area contributed by atoms with Gasteiger partial charge in [-0.25, -0.2) is 23.1 Å². The number of azo groups is 1. The highest BCUT2D eigenvalue weighted by atomic mass is 32.2. The first-order valence-electron chi connectivity index (χ1n) is 9.19. The number of anilines is 2. The molecule has 1 N–H and O–H groups in total. The molecule has 0 bridgehead atoms. The summed E-state index contributed by atoms with van der Waals surface area (Å²) in [5.74, 6) is -0.331. The van der Waals surface area contributed by atoms with Crippen molar-refractivity contribution in [3.8, 4) is 0 Å². The normalized spacial score (nSPS) is 16.5. The van der Waals surface area contributed by atoms with Gasteiger partial charge in [-0.2, -0.15) is 20.3 Å².